The molecule has 3 aromatic rings. The first kappa shape index (κ1) is 18.2. The predicted molar refractivity (Wildman–Crippen MR) is 102 cm³/mol. The number of aryl methyl sites for hydroxylation is 1. The van der Waals surface area contributed by atoms with Crippen LogP contribution in [0.1, 0.15) is 21.7 Å². The van der Waals surface area contributed by atoms with Crippen LogP contribution in [0.2, 0.25) is 0 Å². The fraction of sp³-hybridized carbons (Fsp3) is 0.235. The van der Waals surface area contributed by atoms with Crippen LogP contribution in [-0.2, 0) is 0 Å². The lowest BCUT2D eigenvalue weighted by molar-refractivity contribution is 0.102. The minimum absolute atomic E-state index is 0.0485. The van der Waals surface area contributed by atoms with Crippen molar-refractivity contribution < 1.29 is 9.18 Å². The molecule has 4 nitrogen and oxygen atoms in total. The van der Waals surface area contributed by atoms with Gasteiger partial charge in [-0.25, -0.2) is 4.39 Å². The van der Waals surface area contributed by atoms with Gasteiger partial charge in [0.25, 0.3) is 0 Å². The van der Waals surface area contributed by atoms with Crippen LogP contribution in [0.3, 0.4) is 0 Å². The molecule has 8 heteroatoms. The Balaban J connectivity index is 1.79. The third-order valence-electron chi connectivity index (χ3n) is 3.71. The van der Waals surface area contributed by atoms with Crippen LogP contribution in [-0.4, -0.2) is 32.6 Å². The molecule has 0 spiro atoms. The van der Waals surface area contributed by atoms with Gasteiger partial charge in [0.15, 0.2) is 14.5 Å². The molecule has 130 valence electrons. The lowest BCUT2D eigenvalue weighted by Gasteiger charge is -2.09. The summed E-state index contributed by atoms with van der Waals surface area (Å²) in [5.74, 6) is 0.0874. The summed E-state index contributed by atoms with van der Waals surface area (Å²) in [7, 11) is 0. The fourth-order valence-electron chi connectivity index (χ4n) is 2.58. The lowest BCUT2D eigenvalue weighted by atomic mass is 10.2. The number of thioether (sulfide) groups is 2. The maximum absolute atomic E-state index is 13.1. The van der Waals surface area contributed by atoms with Gasteiger partial charge in [0.2, 0.25) is 0 Å². The number of aromatic nitrogens is 3. The number of hydrogen-bond acceptors (Lipinski definition) is 6. The molecule has 0 saturated carbocycles. The molecule has 0 aliphatic carbocycles. The van der Waals surface area contributed by atoms with Gasteiger partial charge in [-0.1, -0.05) is 34.9 Å². The zero-order valence-corrected chi connectivity index (χ0v) is 16.4. The van der Waals surface area contributed by atoms with E-state index in [0.717, 1.165) is 25.8 Å². The molecular weight excluding hydrogens is 377 g/mol. The molecule has 25 heavy (non-hydrogen) atoms. The summed E-state index contributed by atoms with van der Waals surface area (Å²) in [6, 6.07) is 8.15. The van der Waals surface area contributed by atoms with Crippen molar-refractivity contribution >= 4 is 40.6 Å². The van der Waals surface area contributed by atoms with E-state index in [1.165, 1.54) is 35.2 Å². The van der Waals surface area contributed by atoms with Crippen LogP contribution in [0.15, 0.2) is 39.0 Å². The molecule has 0 aliphatic heterocycles. The van der Waals surface area contributed by atoms with E-state index in [9.17, 15) is 9.18 Å². The Morgan fingerprint density at radius 2 is 1.88 bits per heavy atom. The molecule has 0 saturated heterocycles. The molecule has 0 unspecified atom stereocenters. The molecule has 2 aromatic heterocycles. The van der Waals surface area contributed by atoms with Gasteiger partial charge in [0.05, 0.1) is 5.75 Å². The average Bonchev–Trinajstić information content (AvgIpc) is 3.18. The highest BCUT2D eigenvalue weighted by Gasteiger charge is 2.17. The van der Waals surface area contributed by atoms with Crippen molar-refractivity contribution in [2.75, 3.05) is 12.0 Å². The number of carbonyl (C=O) groups is 1. The van der Waals surface area contributed by atoms with Crippen LogP contribution >= 0.6 is 34.9 Å². The topological polar surface area (TPSA) is 47.8 Å². The Labute approximate surface area is 157 Å². The number of Topliss-reactive ketones (excluding diaryl/α,β-unsaturated/α-hetero) is 1. The van der Waals surface area contributed by atoms with Crippen molar-refractivity contribution in [1.82, 2.24) is 14.8 Å². The Hall–Kier alpha value is -1.64. The summed E-state index contributed by atoms with van der Waals surface area (Å²) in [6.07, 6.45) is 1.95. The smallest absolute Gasteiger partial charge is 0.175 e. The number of halogens is 1. The van der Waals surface area contributed by atoms with Gasteiger partial charge in [-0.3, -0.25) is 4.79 Å². The van der Waals surface area contributed by atoms with Crippen LogP contribution in [0.25, 0.3) is 5.69 Å². The maximum Gasteiger partial charge on any atom is 0.175 e. The molecule has 3 rings (SSSR count). The van der Waals surface area contributed by atoms with E-state index >= 15 is 0 Å². The zero-order valence-electron chi connectivity index (χ0n) is 13.9. The van der Waals surface area contributed by atoms with Gasteiger partial charge in [0.1, 0.15) is 5.82 Å². The van der Waals surface area contributed by atoms with E-state index in [2.05, 4.69) is 10.2 Å². The Morgan fingerprint density at radius 3 is 2.52 bits per heavy atom. The summed E-state index contributed by atoms with van der Waals surface area (Å²) in [5, 5.41) is 8.10. The monoisotopic (exact) mass is 393 g/mol. The number of ketones is 1. The molecule has 0 amide bonds. The third-order valence-corrected chi connectivity index (χ3v) is 6.74. The first-order valence-electron chi connectivity index (χ1n) is 7.48. The number of rotatable bonds is 6. The van der Waals surface area contributed by atoms with Crippen molar-refractivity contribution in [3.05, 3.63) is 53.1 Å². The van der Waals surface area contributed by atoms with Crippen LogP contribution < -0.4 is 0 Å². The van der Waals surface area contributed by atoms with E-state index in [0.29, 0.717) is 11.3 Å². The highest BCUT2D eigenvalue weighted by Crippen LogP contribution is 2.29. The fourth-order valence-corrected chi connectivity index (χ4v) is 4.90. The predicted octanol–water partition coefficient (Wildman–Crippen LogP) is 4.78. The summed E-state index contributed by atoms with van der Waals surface area (Å²) < 4.78 is 16.8. The second-order valence-electron chi connectivity index (χ2n) is 5.35. The number of carbonyl (C=O) groups excluding carboxylic acids is 1. The van der Waals surface area contributed by atoms with Crippen LogP contribution in [0, 0.1) is 19.7 Å². The van der Waals surface area contributed by atoms with Gasteiger partial charge in [-0.05, 0) is 50.4 Å². The van der Waals surface area contributed by atoms with Gasteiger partial charge in [-0.15, -0.1) is 10.2 Å². The van der Waals surface area contributed by atoms with Gasteiger partial charge in [0, 0.05) is 22.6 Å². The van der Waals surface area contributed by atoms with Crippen molar-refractivity contribution in [2.24, 2.45) is 0 Å². The van der Waals surface area contributed by atoms with E-state index in [1.54, 1.807) is 23.9 Å². The number of benzene rings is 1. The summed E-state index contributed by atoms with van der Waals surface area (Å²) in [6.45, 7) is 3.85. The van der Waals surface area contributed by atoms with Crippen LogP contribution in [0.5, 0.6) is 0 Å². The first-order chi connectivity index (χ1) is 12.0. The SMILES string of the molecule is CSc1nnc(SCC(=O)c2cc(C)n(-c3ccc(F)cc3)c2C)s1. The standard InChI is InChI=1S/C17H16FN3OS3/c1-10-8-14(11(2)21(10)13-6-4-12(18)5-7-13)15(22)9-24-17-20-19-16(23-3)25-17/h4-8H,9H2,1-3H3. The highest BCUT2D eigenvalue weighted by molar-refractivity contribution is 8.03. The number of nitrogens with zero attached hydrogens (tertiary/aromatic N) is 3. The Kier molecular flexibility index (Phi) is 5.61. The zero-order chi connectivity index (χ0) is 18.0. The molecule has 1 aromatic carbocycles. The van der Waals surface area contributed by atoms with E-state index < -0.39 is 0 Å². The van der Waals surface area contributed by atoms with Crippen molar-refractivity contribution in [2.45, 2.75) is 22.5 Å². The summed E-state index contributed by atoms with van der Waals surface area (Å²) in [4.78, 5) is 12.6. The minimum Gasteiger partial charge on any atom is -0.318 e. The minimum atomic E-state index is -0.277. The lowest BCUT2D eigenvalue weighted by Crippen LogP contribution is -2.05. The molecule has 0 aliphatic rings. The van der Waals surface area contributed by atoms with Crippen molar-refractivity contribution in [3.63, 3.8) is 0 Å². The molecule has 0 bridgehead atoms. The third kappa shape index (κ3) is 3.96. The van der Waals surface area contributed by atoms with E-state index in [4.69, 9.17) is 0 Å². The molecular formula is C17H16FN3OS3. The van der Waals surface area contributed by atoms with Gasteiger partial charge >= 0.3 is 0 Å². The Bertz CT molecular complexity index is 903. The maximum atomic E-state index is 13.1. The second-order valence-corrected chi connectivity index (χ2v) is 8.60. The van der Waals surface area contributed by atoms with Gasteiger partial charge in [-0.2, -0.15) is 0 Å². The second kappa shape index (κ2) is 7.72. The van der Waals surface area contributed by atoms with E-state index in [1.807, 2.05) is 30.7 Å². The molecule has 0 radical (unpaired) electrons. The Morgan fingerprint density at radius 1 is 1.20 bits per heavy atom. The first-order valence-corrected chi connectivity index (χ1v) is 10.5. The van der Waals surface area contributed by atoms with Crippen molar-refractivity contribution in [3.8, 4) is 5.69 Å². The molecule has 0 fully saturated rings. The summed E-state index contributed by atoms with van der Waals surface area (Å²) in [5.41, 5.74) is 3.33. The molecule has 0 atom stereocenters. The largest absolute Gasteiger partial charge is 0.318 e. The van der Waals surface area contributed by atoms with E-state index in [-0.39, 0.29) is 11.6 Å². The van der Waals surface area contributed by atoms with Gasteiger partial charge < -0.3 is 4.57 Å². The van der Waals surface area contributed by atoms with Crippen molar-refractivity contribution in [1.29, 1.82) is 0 Å². The number of hydrogen-bond donors (Lipinski definition) is 0. The molecule has 0 N–H and O–H groups in total. The average molecular weight is 394 g/mol. The quantitative estimate of drug-likeness (QED) is 0.445. The molecule has 2 heterocycles. The highest BCUT2D eigenvalue weighted by atomic mass is 32.2. The summed E-state index contributed by atoms with van der Waals surface area (Å²) >= 11 is 4.44. The normalized spacial score (nSPS) is 11.0. The van der Waals surface area contributed by atoms with Crippen LogP contribution in [0.4, 0.5) is 4.39 Å².